The van der Waals surface area contributed by atoms with Crippen molar-refractivity contribution in [3.05, 3.63) is 118 Å². The number of hydrogen-bond donors (Lipinski definition) is 3. The molecule has 0 spiro atoms. The average Bonchev–Trinajstić information content (AvgIpc) is 3.78. The molecule has 250 valence electrons. The van der Waals surface area contributed by atoms with Gasteiger partial charge in [0.25, 0.3) is 23.4 Å². The number of carbonyl (C=O) groups is 4. The van der Waals surface area contributed by atoms with Gasteiger partial charge in [0.15, 0.2) is 11.4 Å². The summed E-state index contributed by atoms with van der Waals surface area (Å²) in [6.45, 7) is 3.61. The SMILES string of the molecule is COC(=O)c1cc(C(=O)NCc2ccc(F)c(C)c2)nc2ncnn12.Cc1cc(CNC(=O)c2cc(C(=O)O)n3ncnc3n2)ccc1F. The van der Waals surface area contributed by atoms with Gasteiger partial charge in [-0.3, -0.25) is 9.59 Å². The molecule has 16 nitrogen and oxygen atoms in total. The van der Waals surface area contributed by atoms with Crippen molar-refractivity contribution in [1.82, 2.24) is 49.8 Å². The van der Waals surface area contributed by atoms with Gasteiger partial charge in [-0.05, 0) is 48.2 Å². The van der Waals surface area contributed by atoms with E-state index < -0.39 is 23.8 Å². The summed E-state index contributed by atoms with van der Waals surface area (Å²) in [4.78, 5) is 63.4. The lowest BCUT2D eigenvalue weighted by atomic mass is 10.1. The molecule has 2 aromatic carbocycles. The third-order valence-electron chi connectivity index (χ3n) is 6.93. The number of carbonyl (C=O) groups excluding carboxylic acids is 3. The lowest BCUT2D eigenvalue weighted by molar-refractivity contribution is 0.0589. The highest BCUT2D eigenvalue weighted by Gasteiger charge is 2.19. The van der Waals surface area contributed by atoms with E-state index in [4.69, 9.17) is 0 Å². The molecule has 4 heterocycles. The van der Waals surface area contributed by atoms with Crippen LogP contribution in [0.5, 0.6) is 0 Å². The second kappa shape index (κ2) is 14.4. The van der Waals surface area contributed by atoms with Gasteiger partial charge in [-0.25, -0.2) is 28.3 Å². The lowest BCUT2D eigenvalue weighted by Gasteiger charge is -2.08. The topological polar surface area (TPSA) is 208 Å². The van der Waals surface area contributed by atoms with E-state index in [9.17, 15) is 33.1 Å². The number of nitrogens with zero attached hydrogens (tertiary/aromatic N) is 8. The maximum atomic E-state index is 13.3. The van der Waals surface area contributed by atoms with Crippen LogP contribution >= 0.6 is 0 Å². The fraction of sp³-hybridized carbons (Fsp3) is 0.161. The Labute approximate surface area is 274 Å². The molecule has 0 saturated heterocycles. The number of rotatable bonds is 8. The number of methoxy groups -OCH3 is 1. The van der Waals surface area contributed by atoms with Gasteiger partial charge in [0.1, 0.15) is 35.7 Å². The monoisotopic (exact) mass is 672 g/mol. The van der Waals surface area contributed by atoms with Gasteiger partial charge < -0.3 is 20.5 Å². The number of aryl methyl sites for hydroxylation is 2. The molecule has 18 heteroatoms. The molecule has 0 radical (unpaired) electrons. The summed E-state index contributed by atoms with van der Waals surface area (Å²) in [5.41, 5.74) is 2.13. The molecule has 2 amide bonds. The molecule has 6 aromatic rings. The standard InChI is InChI=1S/C16H14FN5O3.C15H12FN5O3/c1-9-5-10(3-4-11(9)17)7-18-14(23)12-6-13(15(24)25-2)22-16(21-12)19-8-20-22;1-8-4-9(2-3-10(8)16)6-17-13(22)11-5-12(14(23)24)21-15(20-11)18-7-19-21/h3-6,8H,7H2,1-2H3,(H,18,23);2-5,7H,6H2,1H3,(H,17,22)(H,23,24). The quantitative estimate of drug-likeness (QED) is 0.199. The fourth-order valence-corrected chi connectivity index (χ4v) is 4.44. The third kappa shape index (κ3) is 7.64. The zero-order chi connectivity index (χ0) is 35.2. The zero-order valence-corrected chi connectivity index (χ0v) is 26.0. The van der Waals surface area contributed by atoms with Gasteiger partial charge in [0.2, 0.25) is 0 Å². The summed E-state index contributed by atoms with van der Waals surface area (Å²) >= 11 is 0. The number of benzene rings is 2. The van der Waals surface area contributed by atoms with Crippen molar-refractivity contribution in [1.29, 1.82) is 0 Å². The second-order valence-electron chi connectivity index (χ2n) is 10.3. The summed E-state index contributed by atoms with van der Waals surface area (Å²) in [6.07, 6.45) is 2.37. The summed E-state index contributed by atoms with van der Waals surface area (Å²) in [5, 5.41) is 22.1. The first-order valence-corrected chi connectivity index (χ1v) is 14.2. The van der Waals surface area contributed by atoms with Crippen molar-refractivity contribution in [3.63, 3.8) is 0 Å². The molecule has 0 unspecified atom stereocenters. The smallest absolute Gasteiger partial charge is 0.356 e. The van der Waals surface area contributed by atoms with Crippen molar-refractivity contribution < 1.29 is 37.8 Å². The van der Waals surface area contributed by atoms with E-state index in [1.54, 1.807) is 38.1 Å². The molecular weight excluding hydrogens is 646 g/mol. The molecule has 4 aromatic heterocycles. The Bertz CT molecular complexity index is 2240. The number of amides is 2. The number of fused-ring (bicyclic) bond motifs is 2. The van der Waals surface area contributed by atoms with Crippen molar-refractivity contribution in [3.8, 4) is 0 Å². The summed E-state index contributed by atoms with van der Waals surface area (Å²) < 4.78 is 33.4. The number of esters is 1. The van der Waals surface area contributed by atoms with Crippen LogP contribution in [0.25, 0.3) is 11.6 Å². The highest BCUT2D eigenvalue weighted by molar-refractivity contribution is 5.96. The molecule has 0 aliphatic heterocycles. The average molecular weight is 673 g/mol. The lowest BCUT2D eigenvalue weighted by Crippen LogP contribution is -2.25. The summed E-state index contributed by atoms with van der Waals surface area (Å²) in [5.74, 6) is -3.50. The summed E-state index contributed by atoms with van der Waals surface area (Å²) in [6, 6.07) is 11.5. The first-order valence-electron chi connectivity index (χ1n) is 14.2. The van der Waals surface area contributed by atoms with Crippen LogP contribution in [-0.4, -0.2) is 75.1 Å². The molecule has 0 fully saturated rings. The molecule has 3 N–H and O–H groups in total. The number of aromatic carboxylic acids is 1. The predicted molar refractivity (Wildman–Crippen MR) is 164 cm³/mol. The van der Waals surface area contributed by atoms with Crippen LogP contribution in [0.2, 0.25) is 0 Å². The maximum absolute atomic E-state index is 13.3. The number of hydrogen-bond acceptors (Lipinski definition) is 11. The van der Waals surface area contributed by atoms with E-state index in [2.05, 4.69) is 45.5 Å². The molecule has 0 aliphatic carbocycles. The van der Waals surface area contributed by atoms with E-state index in [1.807, 2.05) is 0 Å². The molecular formula is C31H26F2N10O6. The number of carboxylic acids is 1. The Hall–Kier alpha value is -6.72. The minimum Gasteiger partial charge on any atom is -0.477 e. The molecule has 6 rings (SSSR count). The number of nitrogens with one attached hydrogen (secondary N) is 2. The van der Waals surface area contributed by atoms with Crippen LogP contribution in [-0.2, 0) is 17.8 Å². The van der Waals surface area contributed by atoms with Gasteiger partial charge in [-0.15, -0.1) is 0 Å². The van der Waals surface area contributed by atoms with Crippen LogP contribution < -0.4 is 10.6 Å². The fourth-order valence-electron chi connectivity index (χ4n) is 4.44. The minimum atomic E-state index is -1.25. The van der Waals surface area contributed by atoms with Gasteiger partial charge in [-0.2, -0.15) is 29.2 Å². The van der Waals surface area contributed by atoms with Crippen molar-refractivity contribution in [2.24, 2.45) is 0 Å². The van der Waals surface area contributed by atoms with E-state index >= 15 is 0 Å². The van der Waals surface area contributed by atoms with Gasteiger partial charge in [0.05, 0.1) is 7.11 Å². The Morgan fingerprint density at radius 2 is 1.18 bits per heavy atom. The van der Waals surface area contributed by atoms with Gasteiger partial charge >= 0.3 is 11.9 Å². The van der Waals surface area contributed by atoms with E-state index in [0.29, 0.717) is 16.7 Å². The van der Waals surface area contributed by atoms with Crippen LogP contribution in [0.15, 0.2) is 61.2 Å². The first kappa shape index (κ1) is 33.6. The van der Waals surface area contributed by atoms with E-state index in [0.717, 1.165) is 22.5 Å². The largest absolute Gasteiger partial charge is 0.477 e. The molecule has 0 aliphatic rings. The van der Waals surface area contributed by atoms with Gasteiger partial charge in [0, 0.05) is 25.2 Å². The molecule has 49 heavy (non-hydrogen) atoms. The normalized spacial score (nSPS) is 10.7. The Kier molecular flexibility index (Phi) is 9.86. The Morgan fingerprint density at radius 1 is 0.735 bits per heavy atom. The Morgan fingerprint density at radius 3 is 1.61 bits per heavy atom. The summed E-state index contributed by atoms with van der Waals surface area (Å²) in [7, 11) is 1.22. The third-order valence-corrected chi connectivity index (χ3v) is 6.93. The number of ether oxygens (including phenoxy) is 1. The highest BCUT2D eigenvalue weighted by atomic mass is 19.1. The predicted octanol–water partition coefficient (Wildman–Crippen LogP) is 2.49. The van der Waals surface area contributed by atoms with Crippen molar-refractivity contribution >= 4 is 35.3 Å². The van der Waals surface area contributed by atoms with Crippen LogP contribution in [0, 0.1) is 25.5 Å². The zero-order valence-electron chi connectivity index (χ0n) is 26.0. The molecule has 0 bridgehead atoms. The molecule has 0 atom stereocenters. The highest BCUT2D eigenvalue weighted by Crippen LogP contribution is 2.12. The number of aromatic nitrogens is 8. The maximum Gasteiger partial charge on any atom is 0.356 e. The van der Waals surface area contributed by atoms with Crippen LogP contribution in [0.4, 0.5) is 8.78 Å². The number of carboxylic acid groups (broad SMARTS) is 1. The van der Waals surface area contributed by atoms with Gasteiger partial charge in [-0.1, -0.05) is 24.3 Å². The van der Waals surface area contributed by atoms with Crippen LogP contribution in [0.1, 0.15) is 64.2 Å². The van der Waals surface area contributed by atoms with Crippen molar-refractivity contribution in [2.45, 2.75) is 26.9 Å². The van der Waals surface area contributed by atoms with Crippen molar-refractivity contribution in [2.75, 3.05) is 7.11 Å². The number of halogens is 2. The molecule has 0 saturated carbocycles. The minimum absolute atomic E-state index is 0.000247. The van der Waals surface area contributed by atoms with Crippen LogP contribution in [0.3, 0.4) is 0 Å². The second-order valence-corrected chi connectivity index (χ2v) is 10.3. The Balaban J connectivity index is 0.000000191. The van der Waals surface area contributed by atoms with E-state index in [1.165, 1.54) is 36.2 Å². The van der Waals surface area contributed by atoms with E-state index in [-0.39, 0.29) is 59.1 Å². The first-order chi connectivity index (χ1) is 23.4.